The van der Waals surface area contributed by atoms with E-state index in [1.165, 1.54) is 5.57 Å². The zero-order chi connectivity index (χ0) is 20.6. The van der Waals surface area contributed by atoms with Crippen LogP contribution in [-0.4, -0.2) is 39.8 Å². The van der Waals surface area contributed by atoms with E-state index in [2.05, 4.69) is 27.4 Å². The number of rotatable bonds is 3. The number of carbonyl (C=O) groups is 2. The van der Waals surface area contributed by atoms with Crippen LogP contribution in [0, 0.1) is 5.41 Å². The van der Waals surface area contributed by atoms with Crippen molar-refractivity contribution in [1.82, 2.24) is 14.9 Å². The highest BCUT2D eigenvalue weighted by Crippen LogP contribution is 2.47. The summed E-state index contributed by atoms with van der Waals surface area (Å²) in [6, 6.07) is 2.05. The standard InChI is InChI=1S/C23H24N4O2S/c28-20(27-8-4-16(5-9-27)11-19-14-30-15-25-19)3-2-17-10-18-12-23(6-1-7-23)22(29)26-21(18)24-13-17/h2-3,10-11,13-15H,1,4-9,12H2,(H,24,26,29)/b3-2+. The van der Waals surface area contributed by atoms with Crippen molar-refractivity contribution in [2.24, 2.45) is 5.41 Å². The molecule has 7 heteroatoms. The number of aromatic nitrogens is 2. The number of hydrogen-bond donors (Lipinski definition) is 1. The summed E-state index contributed by atoms with van der Waals surface area (Å²) in [5.41, 5.74) is 5.93. The molecule has 3 aliphatic rings. The van der Waals surface area contributed by atoms with E-state index < -0.39 is 0 Å². The van der Waals surface area contributed by atoms with Gasteiger partial charge in [-0.3, -0.25) is 9.59 Å². The number of fused-ring (bicyclic) bond motifs is 1. The first-order chi connectivity index (χ1) is 14.6. The van der Waals surface area contributed by atoms with Crippen molar-refractivity contribution in [1.29, 1.82) is 0 Å². The lowest BCUT2D eigenvalue weighted by molar-refractivity contribution is -0.130. The summed E-state index contributed by atoms with van der Waals surface area (Å²) in [6.07, 6.45) is 12.9. The molecule has 0 unspecified atom stereocenters. The topological polar surface area (TPSA) is 75.2 Å². The summed E-state index contributed by atoms with van der Waals surface area (Å²) >= 11 is 1.60. The van der Waals surface area contributed by atoms with Gasteiger partial charge in [0.15, 0.2) is 0 Å². The Hall–Kier alpha value is -2.80. The number of hydrogen-bond acceptors (Lipinski definition) is 5. The Morgan fingerprint density at radius 1 is 1.23 bits per heavy atom. The van der Waals surface area contributed by atoms with Crippen molar-refractivity contribution < 1.29 is 9.59 Å². The minimum atomic E-state index is -0.232. The Labute approximate surface area is 179 Å². The maximum Gasteiger partial charge on any atom is 0.246 e. The molecule has 0 aromatic carbocycles. The van der Waals surface area contributed by atoms with Crippen LogP contribution in [0.2, 0.25) is 0 Å². The van der Waals surface area contributed by atoms with Crippen molar-refractivity contribution >= 4 is 41.1 Å². The molecule has 2 amide bonds. The number of thiazole rings is 1. The van der Waals surface area contributed by atoms with Crippen molar-refractivity contribution in [2.75, 3.05) is 18.4 Å². The smallest absolute Gasteiger partial charge is 0.246 e. The number of nitrogens with zero attached hydrogens (tertiary/aromatic N) is 3. The van der Waals surface area contributed by atoms with E-state index in [1.807, 2.05) is 21.9 Å². The van der Waals surface area contributed by atoms with Crippen molar-refractivity contribution in [3.63, 3.8) is 0 Å². The molecule has 1 aliphatic carbocycles. The first kappa shape index (κ1) is 19.2. The monoisotopic (exact) mass is 420 g/mol. The second-order valence-electron chi connectivity index (χ2n) is 8.42. The van der Waals surface area contributed by atoms with Crippen LogP contribution >= 0.6 is 11.3 Å². The molecule has 0 radical (unpaired) electrons. The zero-order valence-electron chi connectivity index (χ0n) is 16.8. The largest absolute Gasteiger partial charge is 0.339 e. The van der Waals surface area contributed by atoms with E-state index in [0.29, 0.717) is 5.82 Å². The first-order valence-corrected chi connectivity index (χ1v) is 11.4. The lowest BCUT2D eigenvalue weighted by Crippen LogP contribution is -2.46. The highest BCUT2D eigenvalue weighted by atomic mass is 32.1. The van der Waals surface area contributed by atoms with Gasteiger partial charge in [-0.25, -0.2) is 9.97 Å². The van der Waals surface area contributed by atoms with E-state index in [4.69, 9.17) is 0 Å². The van der Waals surface area contributed by atoms with Gasteiger partial charge in [0.1, 0.15) is 5.82 Å². The van der Waals surface area contributed by atoms with Gasteiger partial charge < -0.3 is 10.2 Å². The van der Waals surface area contributed by atoms with E-state index in [9.17, 15) is 9.59 Å². The van der Waals surface area contributed by atoms with Gasteiger partial charge in [0.25, 0.3) is 0 Å². The van der Waals surface area contributed by atoms with Gasteiger partial charge >= 0.3 is 0 Å². The molecule has 1 spiro atoms. The second kappa shape index (κ2) is 7.80. The number of pyridine rings is 1. The molecule has 2 aromatic heterocycles. The van der Waals surface area contributed by atoms with Gasteiger partial charge in [-0.1, -0.05) is 12.0 Å². The summed E-state index contributed by atoms with van der Waals surface area (Å²) in [5.74, 6) is 0.807. The molecule has 2 aliphatic heterocycles. The fourth-order valence-electron chi connectivity index (χ4n) is 4.49. The summed E-state index contributed by atoms with van der Waals surface area (Å²) in [5, 5.41) is 5.00. The molecule has 2 fully saturated rings. The van der Waals surface area contributed by atoms with Gasteiger partial charge in [-0.05, 0) is 61.4 Å². The van der Waals surface area contributed by atoms with E-state index >= 15 is 0 Å². The third-order valence-electron chi connectivity index (χ3n) is 6.48. The summed E-state index contributed by atoms with van der Waals surface area (Å²) in [6.45, 7) is 1.46. The van der Waals surface area contributed by atoms with Crippen LogP contribution in [0.5, 0.6) is 0 Å². The normalized spacial score (nSPS) is 20.1. The van der Waals surface area contributed by atoms with Gasteiger partial charge in [0, 0.05) is 30.7 Å². The molecular formula is C23H24N4O2S. The van der Waals surface area contributed by atoms with Crippen molar-refractivity contribution in [3.05, 3.63) is 51.6 Å². The number of piperidine rings is 1. The molecule has 2 aromatic rings. The minimum Gasteiger partial charge on any atom is -0.339 e. The third-order valence-corrected chi connectivity index (χ3v) is 7.08. The van der Waals surface area contributed by atoms with Crippen molar-refractivity contribution in [3.8, 4) is 0 Å². The molecule has 154 valence electrons. The van der Waals surface area contributed by atoms with E-state index in [1.54, 1.807) is 23.6 Å². The highest BCUT2D eigenvalue weighted by molar-refractivity contribution is 7.07. The fourth-order valence-corrected chi connectivity index (χ4v) is 5.01. The molecule has 1 saturated carbocycles. The fraction of sp³-hybridized carbons (Fsp3) is 0.391. The maximum atomic E-state index is 12.6. The molecular weight excluding hydrogens is 396 g/mol. The number of anilines is 1. The minimum absolute atomic E-state index is 0.0317. The molecule has 1 N–H and O–H groups in total. The van der Waals surface area contributed by atoms with E-state index in [0.717, 1.165) is 68.4 Å². The number of amides is 2. The summed E-state index contributed by atoms with van der Waals surface area (Å²) < 4.78 is 0. The SMILES string of the molecule is O=C(/C=C/c1cnc2c(c1)CC1(CCC1)C(=O)N2)N1CCC(=Cc2cscn2)CC1. The molecule has 4 heterocycles. The Morgan fingerprint density at radius 3 is 2.77 bits per heavy atom. The summed E-state index contributed by atoms with van der Waals surface area (Å²) in [7, 11) is 0. The lowest BCUT2D eigenvalue weighted by atomic mass is 9.63. The molecule has 1 saturated heterocycles. The van der Waals surface area contributed by atoms with Crippen LogP contribution in [0.4, 0.5) is 5.82 Å². The lowest BCUT2D eigenvalue weighted by Gasteiger charge is -2.43. The maximum absolute atomic E-state index is 12.6. The van der Waals surface area contributed by atoms with Crippen LogP contribution in [0.3, 0.4) is 0 Å². The van der Waals surface area contributed by atoms with Crippen LogP contribution < -0.4 is 5.32 Å². The van der Waals surface area contributed by atoms with Crippen LogP contribution in [0.15, 0.2) is 34.8 Å². The average Bonchev–Trinajstić information content (AvgIpc) is 3.24. The van der Waals surface area contributed by atoms with Crippen LogP contribution in [0.1, 0.15) is 48.9 Å². The Morgan fingerprint density at radius 2 is 2.07 bits per heavy atom. The Kier molecular flexibility index (Phi) is 4.98. The summed E-state index contributed by atoms with van der Waals surface area (Å²) in [4.78, 5) is 35.5. The quantitative estimate of drug-likeness (QED) is 0.764. The molecule has 0 bridgehead atoms. The zero-order valence-corrected chi connectivity index (χ0v) is 17.6. The van der Waals surface area contributed by atoms with Gasteiger partial charge in [-0.15, -0.1) is 11.3 Å². The first-order valence-electron chi connectivity index (χ1n) is 10.5. The molecule has 5 rings (SSSR count). The Balaban J connectivity index is 1.21. The van der Waals surface area contributed by atoms with Crippen LogP contribution in [0.25, 0.3) is 12.2 Å². The number of nitrogens with one attached hydrogen (secondary N) is 1. The third kappa shape index (κ3) is 3.69. The highest BCUT2D eigenvalue weighted by Gasteiger charge is 2.47. The van der Waals surface area contributed by atoms with Gasteiger partial charge in [-0.2, -0.15) is 0 Å². The predicted molar refractivity (Wildman–Crippen MR) is 118 cm³/mol. The van der Waals surface area contributed by atoms with Crippen molar-refractivity contribution in [2.45, 2.75) is 38.5 Å². The van der Waals surface area contributed by atoms with Crippen LogP contribution in [-0.2, 0) is 16.0 Å². The van der Waals surface area contributed by atoms with E-state index in [-0.39, 0.29) is 17.2 Å². The number of carbonyl (C=O) groups excluding carboxylic acids is 2. The second-order valence-corrected chi connectivity index (χ2v) is 9.13. The average molecular weight is 421 g/mol. The molecule has 0 atom stereocenters. The number of likely N-dealkylation sites (tertiary alicyclic amines) is 1. The molecule has 30 heavy (non-hydrogen) atoms. The Bertz CT molecular complexity index is 1030. The molecule has 6 nitrogen and oxygen atoms in total. The van der Waals surface area contributed by atoms with Gasteiger partial charge in [0.05, 0.1) is 16.6 Å². The predicted octanol–water partition coefficient (Wildman–Crippen LogP) is 3.92. The van der Waals surface area contributed by atoms with Gasteiger partial charge in [0.2, 0.25) is 11.8 Å².